The van der Waals surface area contributed by atoms with E-state index < -0.39 is 18.1 Å². The molecule has 0 bridgehead atoms. The van der Waals surface area contributed by atoms with E-state index in [0.717, 1.165) is 5.56 Å². The van der Waals surface area contributed by atoms with Crippen molar-refractivity contribution in [2.75, 3.05) is 7.11 Å². The second-order valence-corrected chi connectivity index (χ2v) is 7.39. The van der Waals surface area contributed by atoms with Gasteiger partial charge >= 0.3 is 5.97 Å². The number of carbonyl (C=O) groups is 3. The van der Waals surface area contributed by atoms with Gasteiger partial charge in [-0.3, -0.25) is 9.59 Å². The summed E-state index contributed by atoms with van der Waals surface area (Å²) in [4.78, 5) is 35.6. The third-order valence-electron chi connectivity index (χ3n) is 4.37. The zero-order chi connectivity index (χ0) is 18.6. The molecule has 2 N–H and O–H groups in total. The van der Waals surface area contributed by atoms with E-state index in [1.807, 2.05) is 24.3 Å². The van der Waals surface area contributed by atoms with E-state index in [9.17, 15) is 14.4 Å². The first-order valence-corrected chi connectivity index (χ1v) is 8.47. The van der Waals surface area contributed by atoms with Gasteiger partial charge in [-0.25, -0.2) is 4.79 Å². The SMILES string of the molecule is COC(=O)[C@H](Cc1ccc(C(C)(C)C)cc1)NC(=O)[C@@H]1CCC(=O)N1. The molecular weight excluding hydrogens is 320 g/mol. The van der Waals surface area contributed by atoms with Gasteiger partial charge in [-0.05, 0) is 23.0 Å². The van der Waals surface area contributed by atoms with Crippen molar-refractivity contribution in [1.82, 2.24) is 10.6 Å². The molecule has 0 radical (unpaired) electrons. The van der Waals surface area contributed by atoms with Gasteiger partial charge in [-0.15, -0.1) is 0 Å². The number of hydrogen-bond acceptors (Lipinski definition) is 4. The Bertz CT molecular complexity index is 646. The minimum Gasteiger partial charge on any atom is -0.467 e. The van der Waals surface area contributed by atoms with Gasteiger partial charge in [0.2, 0.25) is 11.8 Å². The van der Waals surface area contributed by atoms with Crippen LogP contribution in [0, 0.1) is 0 Å². The van der Waals surface area contributed by atoms with E-state index in [-0.39, 0.29) is 17.2 Å². The van der Waals surface area contributed by atoms with Crippen LogP contribution in [0.25, 0.3) is 0 Å². The molecule has 1 aromatic carbocycles. The smallest absolute Gasteiger partial charge is 0.328 e. The van der Waals surface area contributed by atoms with Crippen molar-refractivity contribution in [2.24, 2.45) is 0 Å². The summed E-state index contributed by atoms with van der Waals surface area (Å²) in [5.74, 6) is -1.00. The van der Waals surface area contributed by atoms with Crippen molar-refractivity contribution in [2.45, 2.75) is 57.5 Å². The molecule has 1 heterocycles. The topological polar surface area (TPSA) is 84.5 Å². The van der Waals surface area contributed by atoms with Crippen LogP contribution in [0.4, 0.5) is 0 Å². The maximum Gasteiger partial charge on any atom is 0.328 e. The predicted octanol–water partition coefficient (Wildman–Crippen LogP) is 1.46. The Hall–Kier alpha value is -2.37. The molecule has 0 aromatic heterocycles. The zero-order valence-electron chi connectivity index (χ0n) is 15.2. The first-order valence-electron chi connectivity index (χ1n) is 8.47. The van der Waals surface area contributed by atoms with Gasteiger partial charge in [0.1, 0.15) is 12.1 Å². The monoisotopic (exact) mass is 346 g/mol. The van der Waals surface area contributed by atoms with Crippen LogP contribution in [0.15, 0.2) is 24.3 Å². The van der Waals surface area contributed by atoms with Crippen molar-refractivity contribution in [3.8, 4) is 0 Å². The molecule has 1 aliphatic rings. The largest absolute Gasteiger partial charge is 0.467 e. The van der Waals surface area contributed by atoms with Crippen LogP contribution < -0.4 is 10.6 Å². The number of methoxy groups -OCH3 is 1. The maximum atomic E-state index is 12.3. The molecule has 2 atom stereocenters. The van der Waals surface area contributed by atoms with Crippen molar-refractivity contribution in [3.05, 3.63) is 35.4 Å². The molecule has 2 rings (SSSR count). The van der Waals surface area contributed by atoms with Crippen LogP contribution in [-0.4, -0.2) is 37.0 Å². The maximum absolute atomic E-state index is 12.3. The van der Waals surface area contributed by atoms with E-state index in [1.54, 1.807) is 0 Å². The van der Waals surface area contributed by atoms with Crippen LogP contribution in [0.5, 0.6) is 0 Å². The lowest BCUT2D eigenvalue weighted by molar-refractivity contribution is -0.145. The molecule has 136 valence electrons. The molecule has 0 saturated carbocycles. The highest BCUT2D eigenvalue weighted by Gasteiger charge is 2.31. The van der Waals surface area contributed by atoms with Crippen molar-refractivity contribution in [1.29, 1.82) is 0 Å². The van der Waals surface area contributed by atoms with Gasteiger partial charge in [0.05, 0.1) is 7.11 Å². The zero-order valence-corrected chi connectivity index (χ0v) is 15.2. The molecule has 1 aliphatic heterocycles. The van der Waals surface area contributed by atoms with Crippen LogP contribution in [0.1, 0.15) is 44.7 Å². The van der Waals surface area contributed by atoms with Crippen LogP contribution in [0.2, 0.25) is 0 Å². The summed E-state index contributed by atoms with van der Waals surface area (Å²) in [6.07, 6.45) is 1.11. The summed E-state index contributed by atoms with van der Waals surface area (Å²) in [7, 11) is 1.29. The number of ether oxygens (including phenoxy) is 1. The highest BCUT2D eigenvalue weighted by atomic mass is 16.5. The fourth-order valence-corrected chi connectivity index (χ4v) is 2.80. The lowest BCUT2D eigenvalue weighted by Crippen LogP contribution is -2.50. The van der Waals surface area contributed by atoms with Gasteiger partial charge in [0, 0.05) is 12.8 Å². The standard InChI is InChI=1S/C19H26N2O4/c1-19(2,3)13-7-5-12(6-8-13)11-15(18(24)25-4)21-17(23)14-9-10-16(22)20-14/h5-8,14-15H,9-11H2,1-4H3,(H,20,22)(H,21,23)/t14-,15-/m0/s1. The fraction of sp³-hybridized carbons (Fsp3) is 0.526. The summed E-state index contributed by atoms with van der Waals surface area (Å²) < 4.78 is 4.81. The van der Waals surface area contributed by atoms with Gasteiger partial charge < -0.3 is 15.4 Å². The summed E-state index contributed by atoms with van der Waals surface area (Å²) in [5.41, 5.74) is 2.18. The van der Waals surface area contributed by atoms with Crippen LogP contribution >= 0.6 is 0 Å². The van der Waals surface area contributed by atoms with E-state index in [0.29, 0.717) is 19.3 Å². The van der Waals surface area contributed by atoms with Crippen molar-refractivity contribution >= 4 is 17.8 Å². The number of benzene rings is 1. The van der Waals surface area contributed by atoms with Crippen LogP contribution in [0.3, 0.4) is 0 Å². The van der Waals surface area contributed by atoms with E-state index in [4.69, 9.17) is 4.74 Å². The lowest BCUT2D eigenvalue weighted by atomic mass is 9.86. The third-order valence-corrected chi connectivity index (χ3v) is 4.37. The Kier molecular flexibility index (Phi) is 5.82. The quantitative estimate of drug-likeness (QED) is 0.791. The summed E-state index contributed by atoms with van der Waals surface area (Å²) in [6, 6.07) is 6.62. The van der Waals surface area contributed by atoms with E-state index in [2.05, 4.69) is 31.4 Å². The average Bonchev–Trinajstić information content (AvgIpc) is 2.99. The van der Waals surface area contributed by atoms with E-state index >= 15 is 0 Å². The lowest BCUT2D eigenvalue weighted by Gasteiger charge is -2.21. The molecule has 0 unspecified atom stereocenters. The Labute approximate surface area is 148 Å². The third kappa shape index (κ3) is 5.05. The number of carbonyl (C=O) groups excluding carboxylic acids is 3. The molecule has 0 spiro atoms. The Morgan fingerprint density at radius 1 is 1.28 bits per heavy atom. The number of nitrogens with one attached hydrogen (secondary N) is 2. The molecular formula is C19H26N2O4. The van der Waals surface area contributed by atoms with Gasteiger partial charge in [0.15, 0.2) is 0 Å². The summed E-state index contributed by atoms with van der Waals surface area (Å²) >= 11 is 0. The Morgan fingerprint density at radius 3 is 2.40 bits per heavy atom. The predicted molar refractivity (Wildman–Crippen MR) is 94.0 cm³/mol. The normalized spacial score (nSPS) is 18.4. The summed E-state index contributed by atoms with van der Waals surface area (Å²) in [6.45, 7) is 6.40. The first kappa shape index (κ1) is 19.0. The second-order valence-electron chi connectivity index (χ2n) is 7.39. The van der Waals surface area contributed by atoms with Crippen molar-refractivity contribution < 1.29 is 19.1 Å². The molecule has 2 amide bonds. The first-order chi connectivity index (χ1) is 11.7. The highest BCUT2D eigenvalue weighted by Crippen LogP contribution is 2.22. The molecule has 6 nitrogen and oxygen atoms in total. The molecule has 0 aliphatic carbocycles. The minimum atomic E-state index is -0.782. The number of amides is 2. The van der Waals surface area contributed by atoms with E-state index in [1.165, 1.54) is 12.7 Å². The van der Waals surface area contributed by atoms with Gasteiger partial charge in [-0.2, -0.15) is 0 Å². The van der Waals surface area contributed by atoms with Gasteiger partial charge in [0.25, 0.3) is 0 Å². The molecule has 1 aromatic rings. The van der Waals surface area contributed by atoms with Crippen LogP contribution in [-0.2, 0) is 31.0 Å². The number of hydrogen-bond donors (Lipinski definition) is 2. The number of esters is 1. The molecule has 25 heavy (non-hydrogen) atoms. The van der Waals surface area contributed by atoms with Gasteiger partial charge in [-0.1, -0.05) is 45.0 Å². The second kappa shape index (κ2) is 7.68. The molecule has 1 saturated heterocycles. The number of rotatable bonds is 5. The average molecular weight is 346 g/mol. The summed E-state index contributed by atoms with van der Waals surface area (Å²) in [5, 5.41) is 5.30. The Morgan fingerprint density at radius 2 is 1.92 bits per heavy atom. The minimum absolute atomic E-state index is 0.0508. The van der Waals surface area contributed by atoms with Crippen molar-refractivity contribution in [3.63, 3.8) is 0 Å². The highest BCUT2D eigenvalue weighted by molar-refractivity contribution is 5.93. The Balaban J connectivity index is 2.06. The molecule has 6 heteroatoms. The fourth-order valence-electron chi connectivity index (χ4n) is 2.80. The molecule has 1 fully saturated rings.